The van der Waals surface area contributed by atoms with Crippen LogP contribution in [0.3, 0.4) is 0 Å². The van der Waals surface area contributed by atoms with E-state index in [-0.39, 0.29) is 6.61 Å². The molecule has 0 heterocycles. The molecule has 0 atom stereocenters. The lowest BCUT2D eigenvalue weighted by atomic mass is 10.2. The molecule has 0 saturated heterocycles. The van der Waals surface area contributed by atoms with E-state index in [0.29, 0.717) is 19.6 Å². The highest BCUT2D eigenvalue weighted by Crippen LogP contribution is 2.00. The maximum Gasteiger partial charge on any atom is 0.107 e. The molecule has 0 saturated carbocycles. The average Bonchev–Trinajstić information content (AvgIpc) is 2.19. The number of rotatable bonds is 6. The Morgan fingerprint density at radius 1 is 1.08 bits per heavy atom. The number of benzene rings is 1. The topological polar surface area (TPSA) is 38.7 Å². The minimum absolute atomic E-state index is 0.134. The van der Waals surface area contributed by atoms with E-state index >= 15 is 0 Å². The van der Waals surface area contributed by atoms with Crippen LogP contribution in [0.5, 0.6) is 0 Å². The molecule has 0 spiro atoms. The van der Waals surface area contributed by atoms with Gasteiger partial charge in [-0.05, 0) is 12.0 Å². The Balaban J connectivity index is 2.07. The summed E-state index contributed by atoms with van der Waals surface area (Å²) in [5.74, 6) is 0. The molecule has 0 aromatic heterocycles. The monoisotopic (exact) mass is 182 g/mol. The van der Waals surface area contributed by atoms with Gasteiger partial charge in [-0.25, -0.2) is 9.78 Å². The van der Waals surface area contributed by atoms with Gasteiger partial charge in [0.15, 0.2) is 0 Å². The van der Waals surface area contributed by atoms with Crippen molar-refractivity contribution < 1.29 is 14.9 Å². The van der Waals surface area contributed by atoms with Gasteiger partial charge in [0.05, 0.1) is 6.61 Å². The van der Waals surface area contributed by atoms with Crippen molar-refractivity contribution in [1.29, 1.82) is 0 Å². The van der Waals surface area contributed by atoms with Crippen LogP contribution in [0.2, 0.25) is 0 Å². The van der Waals surface area contributed by atoms with Gasteiger partial charge < -0.3 is 5.11 Å². The Hall–Kier alpha value is -0.900. The largest absolute Gasteiger partial charge is 0.396 e. The first-order valence-electron chi connectivity index (χ1n) is 4.32. The summed E-state index contributed by atoms with van der Waals surface area (Å²) in [6.07, 6.45) is 0.606. The normalized spacial score (nSPS) is 10.2. The molecule has 0 unspecified atom stereocenters. The standard InChI is InChI=1S/C10H14O3/c11-7-4-8-12-13-9-10-5-2-1-3-6-10/h1-3,5-6,11H,4,7-9H2. The van der Waals surface area contributed by atoms with E-state index in [1.54, 1.807) is 0 Å². The third kappa shape index (κ3) is 4.62. The van der Waals surface area contributed by atoms with E-state index in [1.165, 1.54) is 0 Å². The highest BCUT2D eigenvalue weighted by atomic mass is 17.2. The summed E-state index contributed by atoms with van der Waals surface area (Å²) in [4.78, 5) is 9.73. The Morgan fingerprint density at radius 3 is 2.54 bits per heavy atom. The fourth-order valence-electron chi connectivity index (χ4n) is 0.866. The zero-order chi connectivity index (χ0) is 9.36. The van der Waals surface area contributed by atoms with E-state index in [9.17, 15) is 0 Å². The Morgan fingerprint density at radius 2 is 1.85 bits per heavy atom. The second-order valence-electron chi connectivity index (χ2n) is 2.65. The molecule has 0 bridgehead atoms. The Labute approximate surface area is 77.8 Å². The van der Waals surface area contributed by atoms with Crippen LogP contribution in [0.25, 0.3) is 0 Å². The second-order valence-corrected chi connectivity index (χ2v) is 2.65. The third-order valence-corrected chi connectivity index (χ3v) is 1.54. The van der Waals surface area contributed by atoms with Crippen molar-refractivity contribution in [3.63, 3.8) is 0 Å². The molecule has 0 radical (unpaired) electrons. The number of aliphatic hydroxyl groups excluding tert-OH is 1. The van der Waals surface area contributed by atoms with E-state index in [0.717, 1.165) is 5.56 Å². The Bertz CT molecular complexity index is 211. The van der Waals surface area contributed by atoms with Gasteiger partial charge in [0.2, 0.25) is 0 Å². The molecule has 1 aromatic rings. The number of hydrogen-bond donors (Lipinski definition) is 1. The predicted molar refractivity (Wildman–Crippen MR) is 48.9 cm³/mol. The maximum absolute atomic E-state index is 8.45. The summed E-state index contributed by atoms with van der Waals surface area (Å²) in [6.45, 7) is 1.02. The SMILES string of the molecule is OCCCOOCc1ccccc1. The molecule has 13 heavy (non-hydrogen) atoms. The summed E-state index contributed by atoms with van der Waals surface area (Å²) in [6, 6.07) is 9.79. The minimum atomic E-state index is 0.134. The molecule has 3 heteroatoms. The van der Waals surface area contributed by atoms with Crippen LogP contribution in [0.1, 0.15) is 12.0 Å². The van der Waals surface area contributed by atoms with E-state index in [4.69, 9.17) is 14.9 Å². The molecular formula is C10H14O3. The van der Waals surface area contributed by atoms with Crippen molar-refractivity contribution in [2.24, 2.45) is 0 Å². The molecule has 0 aliphatic carbocycles. The highest BCUT2D eigenvalue weighted by molar-refractivity contribution is 5.13. The molecule has 1 aromatic carbocycles. The maximum atomic E-state index is 8.45. The zero-order valence-electron chi connectivity index (χ0n) is 7.48. The smallest absolute Gasteiger partial charge is 0.107 e. The van der Waals surface area contributed by atoms with Gasteiger partial charge in [-0.2, -0.15) is 0 Å². The molecule has 3 nitrogen and oxygen atoms in total. The van der Waals surface area contributed by atoms with Crippen molar-refractivity contribution >= 4 is 0 Å². The molecule has 1 rings (SSSR count). The number of hydrogen-bond acceptors (Lipinski definition) is 3. The van der Waals surface area contributed by atoms with Crippen LogP contribution >= 0.6 is 0 Å². The lowest BCUT2D eigenvalue weighted by Crippen LogP contribution is -1.99. The van der Waals surface area contributed by atoms with Crippen molar-refractivity contribution in [2.45, 2.75) is 13.0 Å². The van der Waals surface area contributed by atoms with Gasteiger partial charge in [0.25, 0.3) is 0 Å². The first-order valence-corrected chi connectivity index (χ1v) is 4.32. The van der Waals surface area contributed by atoms with Crippen LogP contribution in [-0.2, 0) is 16.4 Å². The molecular weight excluding hydrogens is 168 g/mol. The molecule has 0 amide bonds. The minimum Gasteiger partial charge on any atom is -0.396 e. The van der Waals surface area contributed by atoms with Crippen molar-refractivity contribution in [2.75, 3.05) is 13.2 Å². The average molecular weight is 182 g/mol. The zero-order valence-corrected chi connectivity index (χ0v) is 7.48. The molecule has 1 N–H and O–H groups in total. The number of aliphatic hydroxyl groups is 1. The first-order chi connectivity index (χ1) is 6.43. The molecule has 0 aliphatic rings. The van der Waals surface area contributed by atoms with E-state index in [2.05, 4.69) is 0 Å². The van der Waals surface area contributed by atoms with Crippen LogP contribution in [-0.4, -0.2) is 18.3 Å². The van der Waals surface area contributed by atoms with Crippen LogP contribution < -0.4 is 0 Å². The summed E-state index contributed by atoms with van der Waals surface area (Å²) in [7, 11) is 0. The summed E-state index contributed by atoms with van der Waals surface area (Å²) in [5, 5.41) is 8.45. The summed E-state index contributed by atoms with van der Waals surface area (Å²) in [5.41, 5.74) is 1.08. The van der Waals surface area contributed by atoms with Gasteiger partial charge >= 0.3 is 0 Å². The highest BCUT2D eigenvalue weighted by Gasteiger charge is 1.91. The van der Waals surface area contributed by atoms with Crippen LogP contribution in [0.15, 0.2) is 30.3 Å². The van der Waals surface area contributed by atoms with Gasteiger partial charge in [0.1, 0.15) is 6.61 Å². The second kappa shape index (κ2) is 6.60. The van der Waals surface area contributed by atoms with Gasteiger partial charge in [0, 0.05) is 6.61 Å². The van der Waals surface area contributed by atoms with Crippen LogP contribution in [0, 0.1) is 0 Å². The van der Waals surface area contributed by atoms with Crippen LogP contribution in [0.4, 0.5) is 0 Å². The summed E-state index contributed by atoms with van der Waals surface area (Å²) >= 11 is 0. The van der Waals surface area contributed by atoms with Crippen molar-refractivity contribution in [3.8, 4) is 0 Å². The van der Waals surface area contributed by atoms with Gasteiger partial charge in [-0.1, -0.05) is 30.3 Å². The predicted octanol–water partition coefficient (Wildman–Crippen LogP) is 1.52. The molecule has 0 fully saturated rings. The quantitative estimate of drug-likeness (QED) is 0.412. The Kier molecular flexibility index (Phi) is 5.17. The van der Waals surface area contributed by atoms with Crippen molar-refractivity contribution in [1.82, 2.24) is 0 Å². The van der Waals surface area contributed by atoms with E-state index < -0.39 is 0 Å². The van der Waals surface area contributed by atoms with E-state index in [1.807, 2.05) is 30.3 Å². The fraction of sp³-hybridized carbons (Fsp3) is 0.400. The first kappa shape index (κ1) is 10.2. The molecule has 0 aliphatic heterocycles. The lowest BCUT2D eigenvalue weighted by molar-refractivity contribution is -0.304. The lowest BCUT2D eigenvalue weighted by Gasteiger charge is -2.02. The van der Waals surface area contributed by atoms with Gasteiger partial charge in [-0.15, -0.1) is 0 Å². The molecule has 72 valence electrons. The third-order valence-electron chi connectivity index (χ3n) is 1.54. The summed E-state index contributed by atoms with van der Waals surface area (Å²) < 4.78 is 0. The van der Waals surface area contributed by atoms with Crippen molar-refractivity contribution in [3.05, 3.63) is 35.9 Å². The van der Waals surface area contributed by atoms with Gasteiger partial charge in [-0.3, -0.25) is 0 Å². The fourth-order valence-corrected chi connectivity index (χ4v) is 0.866.